The Hall–Kier alpha value is -1.84. The monoisotopic (exact) mass is 255 g/mol. The molecule has 1 aliphatic heterocycles. The average molecular weight is 255 g/mol. The summed E-state index contributed by atoms with van der Waals surface area (Å²) in [7, 11) is 0. The van der Waals surface area contributed by atoms with E-state index < -0.39 is 0 Å². The molecule has 0 bridgehead atoms. The molecular weight excluding hydrogens is 238 g/mol. The summed E-state index contributed by atoms with van der Waals surface area (Å²) < 4.78 is 0. The first-order valence-electron chi connectivity index (χ1n) is 6.53. The Morgan fingerprint density at radius 3 is 2.26 bits per heavy atom. The molecule has 19 heavy (non-hydrogen) atoms. The number of benzene rings is 2. The van der Waals surface area contributed by atoms with Gasteiger partial charge < -0.3 is 5.11 Å². The third kappa shape index (κ3) is 2.35. The van der Waals surface area contributed by atoms with Gasteiger partial charge in [0.15, 0.2) is 0 Å². The molecule has 2 aromatic carbocycles. The van der Waals surface area contributed by atoms with Gasteiger partial charge >= 0.3 is 0 Å². The fourth-order valence-corrected chi connectivity index (χ4v) is 2.56. The molecule has 0 aromatic heterocycles. The summed E-state index contributed by atoms with van der Waals surface area (Å²) in [5, 5.41) is 11.5. The van der Waals surface area contributed by atoms with Gasteiger partial charge in [-0.05, 0) is 17.7 Å². The summed E-state index contributed by atoms with van der Waals surface area (Å²) >= 11 is 0. The van der Waals surface area contributed by atoms with Crippen LogP contribution in [0.15, 0.2) is 60.7 Å². The summed E-state index contributed by atoms with van der Waals surface area (Å²) in [5.41, 5.74) is 2.19. The molecule has 1 heterocycles. The maximum Gasteiger partial charge on any atom is 0.0888 e. The van der Waals surface area contributed by atoms with E-state index in [1.807, 2.05) is 53.6 Å². The van der Waals surface area contributed by atoms with E-state index in [4.69, 9.17) is 4.84 Å². The van der Waals surface area contributed by atoms with Crippen molar-refractivity contribution in [2.75, 3.05) is 18.3 Å². The van der Waals surface area contributed by atoms with Crippen LogP contribution in [0.4, 0.5) is 5.69 Å². The van der Waals surface area contributed by atoms with E-state index in [2.05, 4.69) is 12.1 Å². The maximum absolute atomic E-state index is 9.56. The summed E-state index contributed by atoms with van der Waals surface area (Å²) in [6.07, 6.45) is 0. The summed E-state index contributed by atoms with van der Waals surface area (Å²) in [5.74, 6) is 0.0996. The van der Waals surface area contributed by atoms with E-state index in [1.165, 1.54) is 5.56 Å². The lowest BCUT2D eigenvalue weighted by molar-refractivity contribution is 0.141. The zero-order chi connectivity index (χ0) is 13.1. The van der Waals surface area contributed by atoms with E-state index in [9.17, 15) is 5.11 Å². The number of anilines is 1. The average Bonchev–Trinajstić information content (AvgIpc) is 2.93. The molecule has 3 heteroatoms. The largest absolute Gasteiger partial charge is 0.396 e. The van der Waals surface area contributed by atoms with Crippen molar-refractivity contribution >= 4 is 5.69 Å². The lowest BCUT2D eigenvalue weighted by Gasteiger charge is -2.27. The van der Waals surface area contributed by atoms with Crippen LogP contribution in [0.1, 0.15) is 11.6 Å². The molecule has 1 fully saturated rings. The molecule has 2 aromatic rings. The predicted molar refractivity (Wildman–Crippen MR) is 74.6 cm³/mol. The van der Waals surface area contributed by atoms with Crippen molar-refractivity contribution in [2.45, 2.75) is 6.04 Å². The van der Waals surface area contributed by atoms with Crippen molar-refractivity contribution in [3.63, 3.8) is 0 Å². The van der Waals surface area contributed by atoms with Gasteiger partial charge in [0, 0.05) is 5.92 Å². The third-order valence-corrected chi connectivity index (χ3v) is 3.51. The lowest BCUT2D eigenvalue weighted by atomic mass is 9.94. The summed E-state index contributed by atoms with van der Waals surface area (Å²) in [6, 6.07) is 20.3. The molecule has 0 aliphatic carbocycles. The van der Waals surface area contributed by atoms with Crippen LogP contribution in [0, 0.1) is 5.92 Å². The number of hydroxylamine groups is 1. The normalized spacial score (nSPS) is 22.7. The molecule has 0 amide bonds. The zero-order valence-electron chi connectivity index (χ0n) is 10.6. The van der Waals surface area contributed by atoms with E-state index in [0.717, 1.165) is 5.69 Å². The molecule has 0 saturated carbocycles. The Kier molecular flexibility index (Phi) is 3.49. The Morgan fingerprint density at radius 1 is 1.00 bits per heavy atom. The van der Waals surface area contributed by atoms with Gasteiger partial charge in [-0.3, -0.25) is 4.84 Å². The highest BCUT2D eigenvalue weighted by molar-refractivity contribution is 5.47. The SMILES string of the molecule is OC[C@@H]1CON(c2ccccc2)[C@H]1c1ccccc1. The van der Waals surface area contributed by atoms with Gasteiger partial charge in [-0.2, -0.15) is 0 Å². The first kappa shape index (κ1) is 12.2. The number of nitrogens with zero attached hydrogens (tertiary/aromatic N) is 1. The van der Waals surface area contributed by atoms with Crippen molar-refractivity contribution < 1.29 is 9.94 Å². The number of rotatable bonds is 3. The molecule has 1 aliphatic rings. The summed E-state index contributed by atoms with van der Waals surface area (Å²) in [6.45, 7) is 0.674. The van der Waals surface area contributed by atoms with Crippen LogP contribution >= 0.6 is 0 Å². The Bertz CT molecular complexity index is 515. The number of aliphatic hydroxyl groups is 1. The predicted octanol–water partition coefficient (Wildman–Crippen LogP) is 2.79. The van der Waals surface area contributed by atoms with E-state index >= 15 is 0 Å². The second kappa shape index (κ2) is 5.43. The van der Waals surface area contributed by atoms with Gasteiger partial charge in [0.05, 0.1) is 24.9 Å². The van der Waals surface area contributed by atoms with Crippen LogP contribution in [0.2, 0.25) is 0 Å². The lowest BCUT2D eigenvalue weighted by Crippen LogP contribution is -2.25. The van der Waals surface area contributed by atoms with Crippen molar-refractivity contribution in [1.82, 2.24) is 0 Å². The first-order valence-corrected chi connectivity index (χ1v) is 6.53. The highest BCUT2D eigenvalue weighted by Gasteiger charge is 2.36. The van der Waals surface area contributed by atoms with Crippen molar-refractivity contribution in [1.29, 1.82) is 0 Å². The fraction of sp³-hybridized carbons (Fsp3) is 0.250. The smallest absolute Gasteiger partial charge is 0.0888 e. The Balaban J connectivity index is 1.96. The van der Waals surface area contributed by atoms with Gasteiger partial charge in [0.2, 0.25) is 0 Å². The van der Waals surface area contributed by atoms with Crippen molar-refractivity contribution in [3.8, 4) is 0 Å². The van der Waals surface area contributed by atoms with E-state index in [-0.39, 0.29) is 18.6 Å². The first-order chi connectivity index (χ1) is 9.40. The molecule has 1 N–H and O–H groups in total. The second-order valence-corrected chi connectivity index (χ2v) is 4.76. The highest BCUT2D eigenvalue weighted by Crippen LogP contribution is 2.38. The Labute approximate surface area is 113 Å². The second-order valence-electron chi connectivity index (χ2n) is 4.76. The Morgan fingerprint density at radius 2 is 1.63 bits per heavy atom. The van der Waals surface area contributed by atoms with Crippen molar-refractivity contribution in [2.24, 2.45) is 5.92 Å². The third-order valence-electron chi connectivity index (χ3n) is 3.51. The van der Waals surface area contributed by atoms with Crippen LogP contribution in [0.3, 0.4) is 0 Å². The van der Waals surface area contributed by atoms with Crippen LogP contribution in [-0.2, 0) is 4.84 Å². The standard InChI is InChI=1S/C16H17NO2/c18-11-14-12-19-17(15-9-5-2-6-10-15)16(14)13-7-3-1-4-8-13/h1-10,14,16,18H,11-12H2/t14-,16+/m1/s1. The van der Waals surface area contributed by atoms with E-state index in [0.29, 0.717) is 6.61 Å². The molecular formula is C16H17NO2. The molecule has 3 nitrogen and oxygen atoms in total. The minimum Gasteiger partial charge on any atom is -0.396 e. The molecule has 1 saturated heterocycles. The number of hydrogen-bond donors (Lipinski definition) is 1. The van der Waals surface area contributed by atoms with Crippen LogP contribution in [0.25, 0.3) is 0 Å². The van der Waals surface area contributed by atoms with Gasteiger partial charge in [0.1, 0.15) is 0 Å². The van der Waals surface area contributed by atoms with Crippen LogP contribution < -0.4 is 5.06 Å². The minimum atomic E-state index is 0.0635. The minimum absolute atomic E-state index is 0.0635. The maximum atomic E-state index is 9.56. The molecule has 0 unspecified atom stereocenters. The van der Waals surface area contributed by atoms with Gasteiger partial charge in [-0.1, -0.05) is 48.5 Å². The van der Waals surface area contributed by atoms with Gasteiger partial charge in [-0.25, -0.2) is 5.06 Å². The number of para-hydroxylation sites is 1. The van der Waals surface area contributed by atoms with Crippen LogP contribution in [0.5, 0.6) is 0 Å². The highest BCUT2D eigenvalue weighted by atomic mass is 16.7. The number of hydrogen-bond acceptors (Lipinski definition) is 3. The van der Waals surface area contributed by atoms with Crippen LogP contribution in [-0.4, -0.2) is 18.3 Å². The van der Waals surface area contributed by atoms with Gasteiger partial charge in [-0.15, -0.1) is 0 Å². The molecule has 3 rings (SSSR count). The topological polar surface area (TPSA) is 32.7 Å². The summed E-state index contributed by atoms with van der Waals surface area (Å²) in [4.78, 5) is 5.78. The quantitative estimate of drug-likeness (QED) is 0.915. The zero-order valence-corrected chi connectivity index (χ0v) is 10.6. The molecule has 2 atom stereocenters. The number of aliphatic hydroxyl groups excluding tert-OH is 1. The van der Waals surface area contributed by atoms with Crippen molar-refractivity contribution in [3.05, 3.63) is 66.2 Å². The van der Waals surface area contributed by atoms with E-state index in [1.54, 1.807) is 0 Å². The van der Waals surface area contributed by atoms with Gasteiger partial charge in [0.25, 0.3) is 0 Å². The fourth-order valence-electron chi connectivity index (χ4n) is 2.56. The molecule has 0 spiro atoms. The molecule has 0 radical (unpaired) electrons. The molecule has 98 valence electrons.